The van der Waals surface area contributed by atoms with Gasteiger partial charge in [0, 0.05) is 18.0 Å². The summed E-state index contributed by atoms with van der Waals surface area (Å²) in [5, 5.41) is 4.95. The van der Waals surface area contributed by atoms with Crippen molar-refractivity contribution in [2.45, 2.75) is 19.7 Å². The Morgan fingerprint density at radius 2 is 1.82 bits per heavy atom. The summed E-state index contributed by atoms with van der Waals surface area (Å²) in [6.45, 7) is 1.01. The minimum Gasteiger partial charge on any atom is -0.487 e. The highest BCUT2D eigenvalue weighted by Gasteiger charge is 2.27. The van der Waals surface area contributed by atoms with Crippen LogP contribution in [-0.4, -0.2) is 28.0 Å². The first-order valence-electron chi connectivity index (χ1n) is 10.1. The first kappa shape index (κ1) is 22.2. The Morgan fingerprint density at radius 1 is 1.03 bits per heavy atom. The SMILES string of the molecule is Cc1ccc2nc(COc3cccc(C(=O)Nc4ccccc4NCC(F)(F)F)c3)cn2c1. The Kier molecular flexibility index (Phi) is 6.21. The number of aryl methyl sites for hydroxylation is 1. The normalized spacial score (nSPS) is 11.4. The number of rotatable bonds is 7. The number of alkyl halides is 3. The summed E-state index contributed by atoms with van der Waals surface area (Å²) >= 11 is 0. The maximum absolute atomic E-state index is 12.7. The van der Waals surface area contributed by atoms with Gasteiger partial charge >= 0.3 is 6.18 Å². The largest absolute Gasteiger partial charge is 0.487 e. The van der Waals surface area contributed by atoms with Gasteiger partial charge in [0.25, 0.3) is 5.91 Å². The van der Waals surface area contributed by atoms with E-state index in [1.54, 1.807) is 36.4 Å². The third kappa shape index (κ3) is 5.82. The Hall–Kier alpha value is -4.01. The average molecular weight is 454 g/mol. The number of ether oxygens (including phenoxy) is 1. The molecule has 2 N–H and O–H groups in total. The van der Waals surface area contributed by atoms with Crippen molar-refractivity contribution in [3.63, 3.8) is 0 Å². The van der Waals surface area contributed by atoms with Gasteiger partial charge in [0.2, 0.25) is 0 Å². The second-order valence-corrected chi connectivity index (χ2v) is 7.49. The molecule has 0 aliphatic carbocycles. The molecule has 4 rings (SSSR count). The van der Waals surface area contributed by atoms with E-state index in [-0.39, 0.29) is 18.0 Å². The number of amides is 1. The summed E-state index contributed by atoms with van der Waals surface area (Å²) in [6.07, 6.45) is -0.523. The van der Waals surface area contributed by atoms with E-state index in [1.165, 1.54) is 12.1 Å². The molecule has 0 aliphatic rings. The zero-order valence-corrected chi connectivity index (χ0v) is 17.7. The molecule has 2 heterocycles. The number of nitrogens with one attached hydrogen (secondary N) is 2. The summed E-state index contributed by atoms with van der Waals surface area (Å²) < 4.78 is 45.4. The third-order valence-electron chi connectivity index (χ3n) is 4.79. The molecule has 0 atom stereocenters. The molecule has 1 amide bonds. The van der Waals surface area contributed by atoms with Crippen molar-refractivity contribution in [1.82, 2.24) is 9.38 Å². The van der Waals surface area contributed by atoms with E-state index in [4.69, 9.17) is 4.74 Å². The standard InChI is InChI=1S/C24H21F3N4O2/c1-16-9-10-22-29-18(13-31(22)12-16)14-33-19-6-4-5-17(11-19)23(32)30-21-8-3-2-7-20(21)28-15-24(25,26)27/h2-13,28H,14-15H2,1H3,(H,30,32). The summed E-state index contributed by atoms with van der Waals surface area (Å²) in [5.74, 6) is 0.00397. The van der Waals surface area contributed by atoms with Crippen LogP contribution < -0.4 is 15.4 Å². The van der Waals surface area contributed by atoms with Crippen LogP contribution in [0.15, 0.2) is 73.1 Å². The Balaban J connectivity index is 1.42. The monoisotopic (exact) mass is 454 g/mol. The molecular weight excluding hydrogens is 433 g/mol. The molecule has 4 aromatic rings. The van der Waals surface area contributed by atoms with Crippen LogP contribution in [0.5, 0.6) is 5.75 Å². The molecule has 0 spiro atoms. The van der Waals surface area contributed by atoms with E-state index >= 15 is 0 Å². The number of nitrogens with zero attached hydrogens (tertiary/aromatic N) is 2. The molecule has 0 saturated heterocycles. The van der Waals surface area contributed by atoms with E-state index in [9.17, 15) is 18.0 Å². The predicted octanol–water partition coefficient (Wildman–Crippen LogP) is 5.45. The van der Waals surface area contributed by atoms with Crippen molar-refractivity contribution < 1.29 is 22.7 Å². The second kappa shape index (κ2) is 9.23. The van der Waals surface area contributed by atoms with Gasteiger partial charge in [0.1, 0.15) is 24.5 Å². The van der Waals surface area contributed by atoms with E-state index < -0.39 is 18.6 Å². The Morgan fingerprint density at radius 3 is 2.61 bits per heavy atom. The number of fused-ring (bicyclic) bond motifs is 1. The highest BCUT2D eigenvalue weighted by molar-refractivity contribution is 6.06. The molecular formula is C24H21F3N4O2. The highest BCUT2D eigenvalue weighted by Crippen LogP contribution is 2.25. The molecule has 6 nitrogen and oxygen atoms in total. The van der Waals surface area contributed by atoms with Crippen LogP contribution in [0.3, 0.4) is 0 Å². The fourth-order valence-electron chi connectivity index (χ4n) is 3.25. The van der Waals surface area contributed by atoms with Crippen LogP contribution in [0.4, 0.5) is 24.5 Å². The third-order valence-corrected chi connectivity index (χ3v) is 4.79. The van der Waals surface area contributed by atoms with Crippen LogP contribution >= 0.6 is 0 Å². The van der Waals surface area contributed by atoms with Gasteiger partial charge in [0.15, 0.2) is 0 Å². The number of anilines is 2. The van der Waals surface area contributed by atoms with E-state index in [0.29, 0.717) is 11.3 Å². The van der Waals surface area contributed by atoms with Gasteiger partial charge in [0.05, 0.1) is 17.1 Å². The molecule has 9 heteroatoms. The molecule has 0 bridgehead atoms. The lowest BCUT2D eigenvalue weighted by Gasteiger charge is -2.14. The van der Waals surface area contributed by atoms with E-state index in [1.807, 2.05) is 35.9 Å². The summed E-state index contributed by atoms with van der Waals surface area (Å²) in [7, 11) is 0. The fourth-order valence-corrected chi connectivity index (χ4v) is 3.25. The Bertz CT molecular complexity index is 1280. The molecule has 2 aromatic carbocycles. The number of halogens is 3. The molecule has 170 valence electrons. The lowest BCUT2D eigenvalue weighted by Crippen LogP contribution is -2.22. The number of carbonyl (C=O) groups excluding carboxylic acids is 1. The molecule has 0 fully saturated rings. The van der Waals surface area contributed by atoms with Crippen LogP contribution in [0, 0.1) is 6.92 Å². The molecule has 2 aromatic heterocycles. The molecule has 0 aliphatic heterocycles. The van der Waals surface area contributed by atoms with Crippen LogP contribution in [-0.2, 0) is 6.61 Å². The second-order valence-electron chi connectivity index (χ2n) is 7.49. The van der Waals surface area contributed by atoms with Gasteiger partial charge in [-0.1, -0.05) is 24.3 Å². The lowest BCUT2D eigenvalue weighted by atomic mass is 10.2. The predicted molar refractivity (Wildman–Crippen MR) is 120 cm³/mol. The highest BCUT2D eigenvalue weighted by atomic mass is 19.4. The van der Waals surface area contributed by atoms with Crippen molar-refractivity contribution in [2.24, 2.45) is 0 Å². The number of hydrogen-bond donors (Lipinski definition) is 2. The first-order valence-corrected chi connectivity index (χ1v) is 10.1. The van der Waals surface area contributed by atoms with E-state index in [0.717, 1.165) is 16.9 Å². The van der Waals surface area contributed by atoms with Crippen molar-refractivity contribution >= 4 is 22.9 Å². The lowest BCUT2D eigenvalue weighted by molar-refractivity contribution is -0.115. The van der Waals surface area contributed by atoms with Gasteiger partial charge in [-0.15, -0.1) is 0 Å². The minimum absolute atomic E-state index is 0.178. The molecule has 33 heavy (non-hydrogen) atoms. The first-order chi connectivity index (χ1) is 15.8. The number of pyridine rings is 1. The topological polar surface area (TPSA) is 67.7 Å². The average Bonchev–Trinajstić information content (AvgIpc) is 3.19. The smallest absolute Gasteiger partial charge is 0.405 e. The van der Waals surface area contributed by atoms with Crippen molar-refractivity contribution in [3.8, 4) is 5.75 Å². The summed E-state index contributed by atoms with van der Waals surface area (Å²) in [5.41, 5.74) is 3.39. The van der Waals surface area contributed by atoms with Gasteiger partial charge in [-0.25, -0.2) is 4.98 Å². The van der Waals surface area contributed by atoms with Crippen LogP contribution in [0.2, 0.25) is 0 Å². The summed E-state index contributed by atoms with van der Waals surface area (Å²) in [6, 6.07) is 16.7. The van der Waals surface area contributed by atoms with Gasteiger partial charge in [-0.3, -0.25) is 4.79 Å². The van der Waals surface area contributed by atoms with Gasteiger partial charge in [-0.2, -0.15) is 13.2 Å². The Labute approximate surface area is 188 Å². The number of aromatic nitrogens is 2. The van der Waals surface area contributed by atoms with Crippen molar-refractivity contribution in [3.05, 3.63) is 89.9 Å². The number of hydrogen-bond acceptors (Lipinski definition) is 4. The van der Waals surface area contributed by atoms with Crippen molar-refractivity contribution in [1.29, 1.82) is 0 Å². The maximum atomic E-state index is 12.7. The number of imidazole rings is 1. The molecule has 0 radical (unpaired) electrons. The molecule has 0 unspecified atom stereocenters. The summed E-state index contributed by atoms with van der Waals surface area (Å²) in [4.78, 5) is 17.2. The number of carbonyl (C=O) groups is 1. The molecule has 0 saturated carbocycles. The zero-order valence-electron chi connectivity index (χ0n) is 17.7. The van der Waals surface area contributed by atoms with Gasteiger partial charge in [-0.05, 0) is 48.9 Å². The van der Waals surface area contributed by atoms with Crippen molar-refractivity contribution in [2.75, 3.05) is 17.2 Å². The van der Waals surface area contributed by atoms with Crippen LogP contribution in [0.25, 0.3) is 5.65 Å². The minimum atomic E-state index is -4.37. The zero-order chi connectivity index (χ0) is 23.4. The maximum Gasteiger partial charge on any atom is 0.405 e. The number of benzene rings is 2. The quantitative estimate of drug-likeness (QED) is 0.390. The fraction of sp³-hybridized carbons (Fsp3) is 0.167. The number of para-hydroxylation sites is 2. The van der Waals surface area contributed by atoms with E-state index in [2.05, 4.69) is 15.6 Å². The van der Waals surface area contributed by atoms with Gasteiger partial charge < -0.3 is 19.8 Å². The van der Waals surface area contributed by atoms with Crippen LogP contribution in [0.1, 0.15) is 21.6 Å².